The van der Waals surface area contributed by atoms with Gasteiger partial charge in [-0.25, -0.2) is 0 Å². The highest BCUT2D eigenvalue weighted by Gasteiger charge is 1.98. The molecule has 1 aromatic carbocycles. The SMILES string of the molecule is O=[C]c1ccc(-c2cccnn2)cc1. The lowest BCUT2D eigenvalue weighted by Crippen LogP contribution is -1.86. The Bertz CT molecular complexity index is 423. The van der Waals surface area contributed by atoms with Gasteiger partial charge in [-0.1, -0.05) is 24.3 Å². The van der Waals surface area contributed by atoms with E-state index >= 15 is 0 Å². The summed E-state index contributed by atoms with van der Waals surface area (Å²) in [6.45, 7) is 0. The normalized spacial score (nSPS) is 9.71. The number of nitrogens with zero attached hydrogens (tertiary/aromatic N) is 2. The van der Waals surface area contributed by atoms with Crippen LogP contribution in [0.2, 0.25) is 0 Å². The lowest BCUT2D eigenvalue weighted by atomic mass is 10.1. The van der Waals surface area contributed by atoms with Crippen molar-refractivity contribution >= 4 is 6.29 Å². The van der Waals surface area contributed by atoms with Gasteiger partial charge < -0.3 is 0 Å². The van der Waals surface area contributed by atoms with Crippen LogP contribution in [0.1, 0.15) is 5.56 Å². The molecule has 2 rings (SSSR count). The Labute approximate surface area is 81.4 Å². The maximum atomic E-state index is 10.3. The molecule has 0 aliphatic carbocycles. The van der Waals surface area contributed by atoms with Crippen LogP contribution >= 0.6 is 0 Å². The van der Waals surface area contributed by atoms with E-state index in [-0.39, 0.29) is 0 Å². The van der Waals surface area contributed by atoms with Crippen LogP contribution in [0.5, 0.6) is 0 Å². The highest BCUT2D eigenvalue weighted by atomic mass is 16.1. The van der Waals surface area contributed by atoms with Gasteiger partial charge in [0, 0.05) is 17.3 Å². The minimum absolute atomic E-state index is 0.539. The van der Waals surface area contributed by atoms with Crippen molar-refractivity contribution in [3.05, 3.63) is 48.2 Å². The first-order valence-electron chi connectivity index (χ1n) is 4.16. The Morgan fingerprint density at radius 1 is 1.07 bits per heavy atom. The van der Waals surface area contributed by atoms with E-state index in [4.69, 9.17) is 0 Å². The van der Waals surface area contributed by atoms with E-state index < -0.39 is 0 Å². The molecule has 0 fully saturated rings. The van der Waals surface area contributed by atoms with Crippen molar-refractivity contribution in [2.45, 2.75) is 0 Å². The van der Waals surface area contributed by atoms with Gasteiger partial charge in [0.25, 0.3) is 0 Å². The fourth-order valence-electron chi connectivity index (χ4n) is 1.16. The zero-order valence-electron chi connectivity index (χ0n) is 7.34. The number of aromatic nitrogens is 2. The monoisotopic (exact) mass is 183 g/mol. The highest BCUT2D eigenvalue weighted by Crippen LogP contribution is 2.15. The first kappa shape index (κ1) is 8.56. The van der Waals surface area contributed by atoms with Gasteiger partial charge in [-0.15, -0.1) is 0 Å². The van der Waals surface area contributed by atoms with Gasteiger partial charge >= 0.3 is 0 Å². The van der Waals surface area contributed by atoms with Crippen LogP contribution in [0.4, 0.5) is 0 Å². The van der Waals surface area contributed by atoms with E-state index in [9.17, 15) is 4.79 Å². The summed E-state index contributed by atoms with van der Waals surface area (Å²) >= 11 is 0. The molecule has 0 saturated carbocycles. The molecule has 1 radical (unpaired) electrons. The summed E-state index contributed by atoms with van der Waals surface area (Å²) in [5.41, 5.74) is 2.28. The summed E-state index contributed by atoms with van der Waals surface area (Å²) in [5, 5.41) is 7.73. The number of hydrogen-bond donors (Lipinski definition) is 0. The first-order chi connectivity index (χ1) is 6.90. The van der Waals surface area contributed by atoms with Gasteiger partial charge in [-0.2, -0.15) is 10.2 Å². The Kier molecular flexibility index (Phi) is 2.32. The lowest BCUT2D eigenvalue weighted by molar-refractivity contribution is 0.563. The predicted molar refractivity (Wildman–Crippen MR) is 52.3 cm³/mol. The minimum Gasteiger partial charge on any atom is -0.285 e. The topological polar surface area (TPSA) is 42.9 Å². The zero-order chi connectivity index (χ0) is 9.80. The van der Waals surface area contributed by atoms with Crippen molar-refractivity contribution in [1.82, 2.24) is 10.2 Å². The molecular formula is C11H7N2O. The van der Waals surface area contributed by atoms with Gasteiger partial charge in [-0.05, 0) is 12.1 Å². The molecule has 67 valence electrons. The highest BCUT2D eigenvalue weighted by molar-refractivity contribution is 5.76. The molecule has 14 heavy (non-hydrogen) atoms. The van der Waals surface area contributed by atoms with Crippen molar-refractivity contribution < 1.29 is 4.79 Å². The van der Waals surface area contributed by atoms with E-state index in [1.165, 1.54) is 0 Å². The predicted octanol–water partition coefficient (Wildman–Crippen LogP) is 1.60. The number of benzene rings is 1. The number of rotatable bonds is 2. The third-order valence-electron chi connectivity index (χ3n) is 1.87. The maximum Gasteiger partial charge on any atom is 0.233 e. The van der Waals surface area contributed by atoms with Crippen molar-refractivity contribution in [3.63, 3.8) is 0 Å². The summed E-state index contributed by atoms with van der Waals surface area (Å²) < 4.78 is 0. The van der Waals surface area contributed by atoms with Gasteiger partial charge in [0.1, 0.15) is 0 Å². The van der Waals surface area contributed by atoms with Crippen LogP contribution in [-0.2, 0) is 4.79 Å². The molecule has 0 saturated heterocycles. The number of carbonyl (C=O) groups excluding carboxylic acids is 1. The fourth-order valence-corrected chi connectivity index (χ4v) is 1.16. The zero-order valence-corrected chi connectivity index (χ0v) is 7.34. The Balaban J connectivity index is 2.39. The molecular weight excluding hydrogens is 176 g/mol. The van der Waals surface area contributed by atoms with E-state index in [1.54, 1.807) is 18.3 Å². The van der Waals surface area contributed by atoms with E-state index in [1.807, 2.05) is 30.6 Å². The molecule has 0 unspecified atom stereocenters. The van der Waals surface area contributed by atoms with Crippen LogP contribution in [0.25, 0.3) is 11.3 Å². The van der Waals surface area contributed by atoms with Gasteiger partial charge in [0.2, 0.25) is 6.29 Å². The van der Waals surface area contributed by atoms with Crippen LogP contribution < -0.4 is 0 Å². The Morgan fingerprint density at radius 3 is 2.43 bits per heavy atom. The Hall–Kier alpha value is -2.03. The smallest absolute Gasteiger partial charge is 0.233 e. The summed E-state index contributed by atoms with van der Waals surface area (Å²) in [4.78, 5) is 10.3. The first-order valence-corrected chi connectivity index (χ1v) is 4.16. The second kappa shape index (κ2) is 3.79. The molecule has 0 N–H and O–H groups in total. The fraction of sp³-hybridized carbons (Fsp3) is 0. The van der Waals surface area contributed by atoms with Crippen molar-refractivity contribution in [3.8, 4) is 11.3 Å². The van der Waals surface area contributed by atoms with Crippen molar-refractivity contribution in [2.75, 3.05) is 0 Å². The van der Waals surface area contributed by atoms with Crippen LogP contribution in [-0.4, -0.2) is 16.5 Å². The van der Waals surface area contributed by atoms with Crippen LogP contribution in [0.15, 0.2) is 42.6 Å². The van der Waals surface area contributed by atoms with Crippen LogP contribution in [0.3, 0.4) is 0 Å². The lowest BCUT2D eigenvalue weighted by Gasteiger charge is -1.98. The molecule has 0 bridgehead atoms. The standard InChI is InChI=1S/C11H7N2O/c14-8-9-3-5-10(6-4-9)11-2-1-7-12-13-11/h1-7H. The number of hydrogen-bond acceptors (Lipinski definition) is 3. The molecule has 0 aliphatic heterocycles. The largest absolute Gasteiger partial charge is 0.285 e. The summed E-state index contributed by atoms with van der Waals surface area (Å²) in [7, 11) is 0. The molecule has 0 amide bonds. The maximum absolute atomic E-state index is 10.3. The second-order valence-corrected chi connectivity index (χ2v) is 2.79. The molecule has 3 heteroatoms. The van der Waals surface area contributed by atoms with Gasteiger partial charge in [0.05, 0.1) is 5.69 Å². The van der Waals surface area contributed by atoms with E-state index in [0.717, 1.165) is 11.3 Å². The third kappa shape index (κ3) is 1.66. The Morgan fingerprint density at radius 2 is 1.86 bits per heavy atom. The van der Waals surface area contributed by atoms with E-state index in [0.29, 0.717) is 5.56 Å². The van der Waals surface area contributed by atoms with E-state index in [2.05, 4.69) is 10.2 Å². The molecule has 2 aromatic rings. The molecule has 3 nitrogen and oxygen atoms in total. The molecule has 0 spiro atoms. The van der Waals surface area contributed by atoms with Gasteiger partial charge in [0.15, 0.2) is 0 Å². The average Bonchev–Trinajstić information content (AvgIpc) is 2.30. The average molecular weight is 183 g/mol. The molecule has 1 aromatic heterocycles. The van der Waals surface area contributed by atoms with Crippen molar-refractivity contribution in [1.29, 1.82) is 0 Å². The van der Waals surface area contributed by atoms with Crippen molar-refractivity contribution in [2.24, 2.45) is 0 Å². The molecule has 0 atom stereocenters. The summed E-state index contributed by atoms with van der Waals surface area (Å²) in [6.07, 6.45) is 3.44. The minimum atomic E-state index is 0.539. The summed E-state index contributed by atoms with van der Waals surface area (Å²) in [5.74, 6) is 0. The summed E-state index contributed by atoms with van der Waals surface area (Å²) in [6, 6.07) is 10.7. The molecule has 0 aliphatic rings. The second-order valence-electron chi connectivity index (χ2n) is 2.79. The molecule has 1 heterocycles. The quantitative estimate of drug-likeness (QED) is 0.710. The third-order valence-corrected chi connectivity index (χ3v) is 1.87. The van der Waals surface area contributed by atoms with Gasteiger partial charge in [-0.3, -0.25) is 4.79 Å². The van der Waals surface area contributed by atoms with Crippen LogP contribution in [0, 0.1) is 0 Å².